The van der Waals surface area contributed by atoms with Gasteiger partial charge in [-0.1, -0.05) is 152 Å². The number of Topliss-reactive ketones (excluding diaryl/α,β-unsaturated/α-hetero) is 1. The van der Waals surface area contributed by atoms with Gasteiger partial charge in [0, 0.05) is 81.8 Å². The molecule has 18 N–H and O–H groups in total. The van der Waals surface area contributed by atoms with Crippen LogP contribution in [0.3, 0.4) is 0 Å². The van der Waals surface area contributed by atoms with Crippen molar-refractivity contribution >= 4 is 75.8 Å². The van der Waals surface area contributed by atoms with E-state index in [1.165, 1.54) is 70.6 Å². The molecule has 29 nitrogen and oxygen atoms in total. The first-order valence-electron chi connectivity index (χ1n) is 38.0. The highest BCUT2D eigenvalue weighted by molar-refractivity contribution is 5.98. The molecule has 0 bridgehead atoms. The minimum atomic E-state index is -1.52. The lowest BCUT2D eigenvalue weighted by molar-refractivity contribution is -0.135. The Bertz CT molecular complexity index is 3010. The molecular weight excluding hydrogens is 1330 g/mol. The van der Waals surface area contributed by atoms with E-state index in [0.717, 1.165) is 23.7 Å². The highest BCUT2D eigenvalue weighted by Gasteiger charge is 2.35. The number of unbranched alkanes of at least 4 members (excludes halogenated alkanes) is 13. The number of primary amides is 1. The summed E-state index contributed by atoms with van der Waals surface area (Å²) in [7, 11) is 0. The van der Waals surface area contributed by atoms with Crippen molar-refractivity contribution in [2.45, 2.75) is 236 Å². The van der Waals surface area contributed by atoms with Gasteiger partial charge in [0.1, 0.15) is 48.1 Å². The third-order valence-electron chi connectivity index (χ3n) is 18.0. The molecule has 582 valence electrons. The first kappa shape index (κ1) is 88.3. The molecule has 3 aromatic rings. The zero-order valence-corrected chi connectivity index (χ0v) is 61.8. The van der Waals surface area contributed by atoms with Gasteiger partial charge in [0.05, 0.1) is 52.9 Å². The van der Waals surface area contributed by atoms with Crippen molar-refractivity contribution < 1.29 is 66.9 Å². The van der Waals surface area contributed by atoms with Crippen LogP contribution in [0, 0.1) is 5.41 Å². The predicted octanol–water partition coefficient (Wildman–Crippen LogP) is 3.81. The van der Waals surface area contributed by atoms with Crippen molar-refractivity contribution in [3.05, 3.63) is 71.9 Å². The van der Waals surface area contributed by atoms with E-state index in [1.807, 2.05) is 31.2 Å². The summed E-state index contributed by atoms with van der Waals surface area (Å²) in [5.41, 5.74) is 19.6. The van der Waals surface area contributed by atoms with E-state index in [2.05, 4.69) is 65.1 Å². The van der Waals surface area contributed by atoms with Gasteiger partial charge in [-0.15, -0.1) is 0 Å². The van der Waals surface area contributed by atoms with Gasteiger partial charge in [-0.05, 0) is 75.1 Å². The summed E-state index contributed by atoms with van der Waals surface area (Å²) in [6.07, 6.45) is 20.6. The minimum absolute atomic E-state index is 0.0161. The number of fused-ring (bicyclic) bond motifs is 1. The number of hydrogen-bond acceptors (Lipinski definition) is 17. The zero-order chi connectivity index (χ0) is 75.4. The number of carbonyl (C=O) groups is 10. The first-order valence-corrected chi connectivity index (χ1v) is 38.0. The fourth-order valence-corrected chi connectivity index (χ4v) is 11.9. The summed E-state index contributed by atoms with van der Waals surface area (Å²) in [5, 5.41) is 36.4. The number of guanidine groups is 1. The van der Waals surface area contributed by atoms with Gasteiger partial charge in [-0.25, -0.2) is 0 Å². The lowest BCUT2D eigenvalue weighted by Gasteiger charge is -2.28. The van der Waals surface area contributed by atoms with E-state index in [1.54, 1.807) is 36.5 Å². The third-order valence-corrected chi connectivity index (χ3v) is 18.0. The zero-order valence-electron chi connectivity index (χ0n) is 61.8. The molecule has 0 unspecified atom stereocenters. The Kier molecular flexibility index (Phi) is 46.3. The van der Waals surface area contributed by atoms with E-state index < -0.39 is 96.1 Å². The van der Waals surface area contributed by atoms with Crippen molar-refractivity contribution in [3.8, 4) is 0 Å². The molecule has 7 atom stereocenters. The lowest BCUT2D eigenvalue weighted by Crippen LogP contribution is -2.61. The molecule has 1 fully saturated rings. The van der Waals surface area contributed by atoms with E-state index in [-0.39, 0.29) is 115 Å². The van der Waals surface area contributed by atoms with Crippen LogP contribution in [0.25, 0.3) is 10.9 Å². The number of nitrogens with two attached hydrogens (primary N) is 3. The molecule has 104 heavy (non-hydrogen) atoms. The van der Waals surface area contributed by atoms with Gasteiger partial charge >= 0.3 is 0 Å². The van der Waals surface area contributed by atoms with E-state index in [9.17, 15) is 47.9 Å². The lowest BCUT2D eigenvalue weighted by atomic mass is 10.0. The fourth-order valence-electron chi connectivity index (χ4n) is 11.9. The van der Waals surface area contributed by atoms with E-state index in [4.69, 9.17) is 41.6 Å². The molecule has 1 aliphatic heterocycles. The fraction of sp³-hybridized carbons (Fsp3) is 0.667. The van der Waals surface area contributed by atoms with Crippen LogP contribution >= 0.6 is 0 Å². The summed E-state index contributed by atoms with van der Waals surface area (Å²) in [6.45, 7) is 7.09. The molecule has 9 amide bonds. The normalized spacial score (nSPS) is 19.0. The highest BCUT2D eigenvalue weighted by Crippen LogP contribution is 2.21. The monoisotopic (exact) mass is 1460 g/mol. The van der Waals surface area contributed by atoms with Gasteiger partial charge in [0.25, 0.3) is 0 Å². The topological polar surface area (TPSA) is 446 Å². The van der Waals surface area contributed by atoms with Crippen molar-refractivity contribution in [2.75, 3.05) is 85.6 Å². The van der Waals surface area contributed by atoms with Crippen LogP contribution in [0.1, 0.15) is 192 Å². The van der Waals surface area contributed by atoms with Crippen LogP contribution < -0.4 is 70.4 Å². The second kappa shape index (κ2) is 54.5. The maximum Gasteiger partial charge on any atom is 0.244 e. The molecule has 0 saturated carbocycles. The molecular formula is C75H123N15O14. The van der Waals surface area contributed by atoms with Crippen LogP contribution in [0.2, 0.25) is 0 Å². The Labute approximate surface area is 614 Å². The number of benzene rings is 2. The molecule has 1 aromatic heterocycles. The number of hydrogen-bond donors (Lipinski definition) is 15. The number of amides is 9. The van der Waals surface area contributed by atoms with Crippen molar-refractivity contribution in [2.24, 2.45) is 17.2 Å². The summed E-state index contributed by atoms with van der Waals surface area (Å²) in [6, 6.07) is 6.73. The largest absolute Gasteiger partial charge is 0.379 e. The summed E-state index contributed by atoms with van der Waals surface area (Å²) in [4.78, 5) is 142. The summed E-state index contributed by atoms with van der Waals surface area (Å²) < 4.78 is 22.4. The molecule has 4 rings (SSSR count). The number of carbonyl (C=O) groups excluding carboxylic acids is 10. The van der Waals surface area contributed by atoms with Crippen molar-refractivity contribution in [3.63, 3.8) is 0 Å². The minimum Gasteiger partial charge on any atom is -0.379 e. The smallest absolute Gasteiger partial charge is 0.244 e. The Morgan fingerprint density at radius 3 is 1.76 bits per heavy atom. The quantitative estimate of drug-likeness (QED) is 0.0217. The molecule has 29 heteroatoms. The molecule has 0 spiro atoms. The average molecular weight is 1460 g/mol. The van der Waals surface area contributed by atoms with Crippen LogP contribution in [-0.4, -0.2) is 198 Å². The van der Waals surface area contributed by atoms with Crippen LogP contribution in [0.15, 0.2) is 60.8 Å². The second-order valence-corrected chi connectivity index (χ2v) is 26.6. The summed E-state index contributed by atoms with van der Waals surface area (Å²) >= 11 is 0. The van der Waals surface area contributed by atoms with Crippen LogP contribution in [-0.2, 0) is 79.7 Å². The van der Waals surface area contributed by atoms with Gasteiger partial charge in [-0.2, -0.15) is 0 Å². The van der Waals surface area contributed by atoms with Gasteiger partial charge < -0.3 is 94.3 Å². The molecule has 0 radical (unpaired) electrons. The van der Waals surface area contributed by atoms with Gasteiger partial charge in [0.15, 0.2) is 5.96 Å². The van der Waals surface area contributed by atoms with E-state index >= 15 is 0 Å². The van der Waals surface area contributed by atoms with E-state index in [0.29, 0.717) is 89.4 Å². The van der Waals surface area contributed by atoms with Crippen molar-refractivity contribution in [1.82, 2.24) is 58.2 Å². The number of nitrogens with one attached hydrogen (secondary N) is 12. The van der Waals surface area contributed by atoms with Gasteiger partial charge in [0.2, 0.25) is 53.2 Å². The van der Waals surface area contributed by atoms with Crippen molar-refractivity contribution in [1.29, 1.82) is 5.41 Å². The number of rotatable bonds is 45. The summed E-state index contributed by atoms with van der Waals surface area (Å²) in [5.74, 6) is -6.68. The Hall–Kier alpha value is -8.09. The molecule has 2 heterocycles. The SMILES string of the molecule is CCCCCCCCCCCCCCCC(=O)NCCOCCOCCOCCOCCC(=O)N[C@@H](CCCC)C(=O)N[C@H]1CCC(=O)CCNCCCC[C@@H](C(N)=O)NC(=O)[C@H](Cc2c[nH]c3ccccc23)NC(=O)[C@H](CCCNC(=N)N)NC(=O)[C@@H](Cc2ccccc2)NC(=O)[C@H](CN)NC1=O. The predicted molar refractivity (Wildman–Crippen MR) is 399 cm³/mol. The maximum absolute atomic E-state index is 14.7. The Morgan fingerprint density at radius 1 is 0.548 bits per heavy atom. The molecule has 1 aliphatic rings. The number of aromatic nitrogens is 1. The number of para-hydroxylation sites is 1. The number of ketones is 1. The standard InChI is InChI=1S/C75H123N15O14/c1-3-5-7-8-9-10-11-12-13-14-15-16-20-33-66(92)81-41-43-102-45-47-104-49-48-103-46-44-101-42-37-67(93)84-60(29-6-4-2)69(95)87-62-35-34-56(91)36-40-80-38-24-23-31-59(68(77)94)85-73(99)64(51-55-53-83-58-30-22-21-28-57(55)58)89-70(96)61(32-25-39-82-75(78)79)86-72(98)63(50-54-26-18-17-19-27-54)88-74(100)65(52-76)90-71(62)97/h17-19,21-22,26-28,30,53,59-65,80,83H,3-16,20,23-25,29,31-52,76H2,1-2H3,(H2,77,94)(H,81,92)(H,84,93)(H,85,99)(H,86,98)(H,87,95)(H,88,100)(H,89,96)(H,90,97)(H4,78,79,82)/t59-,60-,61-,62-,63+,64-,65-/m0/s1. The van der Waals surface area contributed by atoms with Gasteiger partial charge in [-0.3, -0.25) is 53.4 Å². The molecule has 2 aromatic carbocycles. The highest BCUT2D eigenvalue weighted by atomic mass is 16.6. The number of ether oxygens (including phenoxy) is 4. The number of aromatic amines is 1. The number of H-pyrrole nitrogens is 1. The Balaban J connectivity index is 1.34. The first-order chi connectivity index (χ1) is 50.4. The second-order valence-electron chi connectivity index (χ2n) is 26.6. The molecule has 1 saturated heterocycles. The third kappa shape index (κ3) is 38.6. The Morgan fingerprint density at radius 2 is 1.12 bits per heavy atom. The maximum atomic E-state index is 14.7. The average Bonchev–Trinajstić information content (AvgIpc) is 1.64. The van der Waals surface area contributed by atoms with Crippen LogP contribution in [0.5, 0.6) is 0 Å². The van der Waals surface area contributed by atoms with Crippen LogP contribution in [0.4, 0.5) is 0 Å². The molecule has 0 aliphatic carbocycles.